The fraction of sp³-hybridized carbons (Fsp3) is 0.100. The lowest BCUT2D eigenvalue weighted by Gasteiger charge is -2.07. The Hall–Kier alpha value is -2.72. The fourth-order valence-corrected chi connectivity index (χ4v) is 4.73. The minimum atomic E-state index is -3.65. The number of thiophene rings is 1. The third kappa shape index (κ3) is 4.71. The van der Waals surface area contributed by atoms with Crippen LogP contribution in [0, 0.1) is 0 Å². The molecule has 0 bridgehead atoms. The van der Waals surface area contributed by atoms with Crippen LogP contribution in [0.4, 0.5) is 0 Å². The summed E-state index contributed by atoms with van der Waals surface area (Å²) >= 11 is 7.44. The van der Waals surface area contributed by atoms with E-state index in [1.807, 2.05) is 17.5 Å². The van der Waals surface area contributed by atoms with Gasteiger partial charge in [-0.15, -0.1) is 11.3 Å². The van der Waals surface area contributed by atoms with Crippen LogP contribution in [-0.2, 0) is 23.1 Å². The van der Waals surface area contributed by atoms with Gasteiger partial charge in [0.2, 0.25) is 10.0 Å². The van der Waals surface area contributed by atoms with Gasteiger partial charge < -0.3 is 9.72 Å². The predicted octanol–water partition coefficient (Wildman–Crippen LogP) is 3.46. The van der Waals surface area contributed by atoms with Crippen LogP contribution in [0.15, 0.2) is 71.2 Å². The highest BCUT2D eigenvalue weighted by atomic mass is 35.5. The summed E-state index contributed by atoms with van der Waals surface area (Å²) in [7, 11) is -3.65. The van der Waals surface area contributed by atoms with Crippen LogP contribution in [0.3, 0.4) is 0 Å². The average Bonchev–Trinajstić information content (AvgIpc) is 3.40. The number of hydrogen-bond acceptors (Lipinski definition) is 5. The number of fused-ring (bicyclic) bond motifs is 1. The lowest BCUT2D eigenvalue weighted by atomic mass is 10.2. The number of rotatable bonds is 7. The summed E-state index contributed by atoms with van der Waals surface area (Å²) in [6.07, 6.45) is 3.53. The second-order valence-corrected chi connectivity index (χ2v) is 9.69. The second-order valence-electron chi connectivity index (χ2n) is 6.46. The Morgan fingerprint density at radius 1 is 1.07 bits per heavy atom. The molecule has 0 aliphatic heterocycles. The molecule has 10 heteroatoms. The zero-order valence-electron chi connectivity index (χ0n) is 15.6. The molecule has 3 aromatic heterocycles. The molecule has 0 saturated heterocycles. The van der Waals surface area contributed by atoms with Crippen LogP contribution in [0.25, 0.3) is 5.65 Å². The molecule has 1 amide bonds. The van der Waals surface area contributed by atoms with E-state index < -0.39 is 10.0 Å². The molecule has 3 heterocycles. The van der Waals surface area contributed by atoms with E-state index >= 15 is 0 Å². The normalized spacial score (nSPS) is 11.6. The van der Waals surface area contributed by atoms with Crippen molar-refractivity contribution >= 4 is 44.5 Å². The highest BCUT2D eigenvalue weighted by molar-refractivity contribution is 7.89. The SMILES string of the molecule is O=C(NCc1cn2cc(Cl)ccc2n1)c1ccc(S(=O)(=O)NCc2cccs2)cc1. The maximum absolute atomic E-state index is 12.4. The fourth-order valence-electron chi connectivity index (χ4n) is 2.82. The van der Waals surface area contributed by atoms with Crippen molar-refractivity contribution in [3.05, 3.63) is 87.5 Å². The maximum Gasteiger partial charge on any atom is 0.251 e. The Morgan fingerprint density at radius 2 is 1.87 bits per heavy atom. The van der Waals surface area contributed by atoms with Gasteiger partial charge in [-0.2, -0.15) is 0 Å². The molecule has 0 spiro atoms. The van der Waals surface area contributed by atoms with Gasteiger partial charge in [-0.1, -0.05) is 17.7 Å². The summed E-state index contributed by atoms with van der Waals surface area (Å²) in [5.74, 6) is -0.319. The molecule has 7 nitrogen and oxygen atoms in total. The number of halogens is 1. The molecule has 2 N–H and O–H groups in total. The Labute approximate surface area is 182 Å². The van der Waals surface area contributed by atoms with E-state index in [9.17, 15) is 13.2 Å². The van der Waals surface area contributed by atoms with Crippen molar-refractivity contribution in [3.8, 4) is 0 Å². The van der Waals surface area contributed by atoms with Crippen LogP contribution in [0.5, 0.6) is 0 Å². The first-order valence-corrected chi connectivity index (χ1v) is 11.7. The number of nitrogens with zero attached hydrogens (tertiary/aromatic N) is 2. The van der Waals surface area contributed by atoms with Gasteiger partial charge in [-0.3, -0.25) is 4.79 Å². The number of sulfonamides is 1. The van der Waals surface area contributed by atoms with Crippen molar-refractivity contribution in [1.82, 2.24) is 19.4 Å². The van der Waals surface area contributed by atoms with Gasteiger partial charge in [-0.25, -0.2) is 18.1 Å². The molecule has 4 rings (SSSR count). The largest absolute Gasteiger partial charge is 0.346 e. The number of carbonyl (C=O) groups is 1. The first-order valence-electron chi connectivity index (χ1n) is 8.94. The molecule has 0 aliphatic carbocycles. The number of imidazole rings is 1. The van der Waals surface area contributed by atoms with E-state index in [4.69, 9.17) is 11.6 Å². The number of carbonyl (C=O) groups excluding carboxylic acids is 1. The van der Waals surface area contributed by atoms with Crippen LogP contribution < -0.4 is 10.0 Å². The van der Waals surface area contributed by atoms with E-state index in [0.29, 0.717) is 16.3 Å². The van der Waals surface area contributed by atoms with Crippen molar-refractivity contribution < 1.29 is 13.2 Å². The van der Waals surface area contributed by atoms with Gasteiger partial charge in [0.05, 0.1) is 22.2 Å². The van der Waals surface area contributed by atoms with Crippen molar-refractivity contribution in [1.29, 1.82) is 0 Å². The standard InChI is InChI=1S/C20H17ClN4O3S2/c21-15-5-8-19-24-16(13-25(19)12-15)10-22-20(26)14-3-6-18(7-4-14)30(27,28)23-11-17-2-1-9-29-17/h1-9,12-13,23H,10-11H2,(H,22,26). The molecule has 0 radical (unpaired) electrons. The lowest BCUT2D eigenvalue weighted by Crippen LogP contribution is -2.24. The highest BCUT2D eigenvalue weighted by Gasteiger charge is 2.15. The molecule has 30 heavy (non-hydrogen) atoms. The summed E-state index contributed by atoms with van der Waals surface area (Å²) in [5, 5.41) is 5.26. The molecule has 0 atom stereocenters. The van der Waals surface area contributed by atoms with Gasteiger partial charge in [0.1, 0.15) is 5.65 Å². The molecule has 0 saturated carbocycles. The van der Waals surface area contributed by atoms with Crippen LogP contribution in [0.1, 0.15) is 20.9 Å². The lowest BCUT2D eigenvalue weighted by molar-refractivity contribution is 0.0950. The number of hydrogen-bond donors (Lipinski definition) is 2. The number of aromatic nitrogens is 2. The molecule has 0 aliphatic rings. The summed E-state index contributed by atoms with van der Waals surface area (Å²) in [6.45, 7) is 0.465. The Morgan fingerprint density at radius 3 is 2.60 bits per heavy atom. The molecular formula is C20H17ClN4O3S2. The van der Waals surface area contributed by atoms with E-state index in [0.717, 1.165) is 10.5 Å². The molecule has 1 aromatic carbocycles. The summed E-state index contributed by atoms with van der Waals surface area (Å²) in [6, 6.07) is 13.1. The molecular weight excluding hydrogens is 444 g/mol. The average molecular weight is 461 g/mol. The minimum absolute atomic E-state index is 0.104. The van der Waals surface area contributed by atoms with Crippen molar-refractivity contribution in [2.45, 2.75) is 18.0 Å². The van der Waals surface area contributed by atoms with E-state index in [2.05, 4.69) is 15.0 Å². The summed E-state index contributed by atoms with van der Waals surface area (Å²) in [5.41, 5.74) is 1.77. The maximum atomic E-state index is 12.4. The molecule has 0 unspecified atom stereocenters. The summed E-state index contributed by atoms with van der Waals surface area (Å²) < 4.78 is 29.1. The van der Waals surface area contributed by atoms with Crippen LogP contribution >= 0.6 is 22.9 Å². The van der Waals surface area contributed by atoms with Gasteiger partial charge in [0.15, 0.2) is 0 Å². The third-order valence-corrected chi connectivity index (χ3v) is 6.86. The van der Waals surface area contributed by atoms with Gasteiger partial charge in [-0.05, 0) is 47.8 Å². The first kappa shape index (κ1) is 20.5. The molecule has 4 aromatic rings. The van der Waals surface area contributed by atoms with Gasteiger partial charge in [0, 0.05) is 29.4 Å². The Kier molecular flexibility index (Phi) is 5.87. The van der Waals surface area contributed by atoms with Crippen LogP contribution in [0.2, 0.25) is 5.02 Å². The quantitative estimate of drug-likeness (QED) is 0.441. The first-order chi connectivity index (χ1) is 14.4. The van der Waals surface area contributed by atoms with Crippen molar-refractivity contribution in [3.63, 3.8) is 0 Å². The third-order valence-electron chi connectivity index (χ3n) is 4.34. The number of benzene rings is 1. The molecule has 0 fully saturated rings. The van der Waals surface area contributed by atoms with Gasteiger partial charge in [0.25, 0.3) is 5.91 Å². The second kappa shape index (κ2) is 8.57. The van der Waals surface area contributed by atoms with E-state index in [1.165, 1.54) is 35.6 Å². The Bertz CT molecular complexity index is 1280. The number of nitrogens with one attached hydrogen (secondary N) is 2. The number of amides is 1. The monoisotopic (exact) mass is 460 g/mol. The molecule has 154 valence electrons. The summed E-state index contributed by atoms with van der Waals surface area (Å²) in [4.78, 5) is 17.8. The zero-order chi connectivity index (χ0) is 21.1. The van der Waals surface area contributed by atoms with E-state index in [1.54, 1.807) is 28.9 Å². The highest BCUT2D eigenvalue weighted by Crippen LogP contribution is 2.14. The topological polar surface area (TPSA) is 92.6 Å². The predicted molar refractivity (Wildman–Crippen MR) is 116 cm³/mol. The zero-order valence-corrected chi connectivity index (χ0v) is 18.0. The Balaban J connectivity index is 1.38. The minimum Gasteiger partial charge on any atom is -0.346 e. The van der Waals surface area contributed by atoms with Gasteiger partial charge >= 0.3 is 0 Å². The van der Waals surface area contributed by atoms with E-state index in [-0.39, 0.29) is 23.9 Å². The number of pyridine rings is 1. The van der Waals surface area contributed by atoms with Crippen LogP contribution in [-0.4, -0.2) is 23.7 Å². The van der Waals surface area contributed by atoms with Crippen molar-refractivity contribution in [2.75, 3.05) is 0 Å². The smallest absolute Gasteiger partial charge is 0.251 e. The van der Waals surface area contributed by atoms with Crippen molar-refractivity contribution in [2.24, 2.45) is 0 Å².